The van der Waals surface area contributed by atoms with Gasteiger partial charge in [-0.3, -0.25) is 4.68 Å². The third-order valence-corrected chi connectivity index (χ3v) is 7.07. The maximum absolute atomic E-state index is 12.5. The van der Waals surface area contributed by atoms with Crippen molar-refractivity contribution < 1.29 is 23.9 Å². The molecule has 0 aliphatic carbocycles. The minimum absolute atomic E-state index is 0.0651. The molecule has 0 spiro atoms. The van der Waals surface area contributed by atoms with Gasteiger partial charge in [0.05, 0.1) is 23.3 Å². The number of piperidine rings is 1. The lowest BCUT2D eigenvalue weighted by Crippen LogP contribution is -2.50. The van der Waals surface area contributed by atoms with E-state index in [-0.39, 0.29) is 19.3 Å². The Kier molecular flexibility index (Phi) is 6.09. The maximum Gasteiger partial charge on any atom is 0.498 e. The fourth-order valence-electron chi connectivity index (χ4n) is 4.07. The van der Waals surface area contributed by atoms with E-state index in [0.717, 1.165) is 11.0 Å². The first kappa shape index (κ1) is 22.8. The molecule has 1 amide bonds. The fraction of sp³-hybridized carbons (Fsp3) is 0.565. The van der Waals surface area contributed by atoms with E-state index in [1.165, 1.54) is 0 Å². The Morgan fingerprint density at radius 2 is 1.75 bits per heavy atom. The van der Waals surface area contributed by atoms with Gasteiger partial charge in [0.1, 0.15) is 6.61 Å². The SMILES string of the molecule is CC1(C)OB(c2cnn(C3(CO)CCN(C(=O)OCc4ccccc4)CC3)c2)OC1(C)C. The molecular formula is C23H32BN3O5. The van der Waals surface area contributed by atoms with Gasteiger partial charge in [-0.1, -0.05) is 30.3 Å². The topological polar surface area (TPSA) is 86.1 Å². The quantitative estimate of drug-likeness (QED) is 0.717. The van der Waals surface area contributed by atoms with E-state index in [0.29, 0.717) is 25.9 Å². The normalized spacial score (nSPS) is 21.5. The predicted octanol–water partition coefficient (Wildman–Crippen LogP) is 2.30. The van der Waals surface area contributed by atoms with E-state index < -0.39 is 23.9 Å². The van der Waals surface area contributed by atoms with E-state index >= 15 is 0 Å². The maximum atomic E-state index is 12.5. The Morgan fingerprint density at radius 1 is 1.12 bits per heavy atom. The van der Waals surface area contributed by atoms with Gasteiger partial charge < -0.3 is 24.1 Å². The molecular weight excluding hydrogens is 409 g/mol. The number of benzene rings is 1. The zero-order chi connectivity index (χ0) is 23.0. The molecule has 2 saturated heterocycles. The number of nitrogens with zero attached hydrogens (tertiary/aromatic N) is 3. The zero-order valence-corrected chi connectivity index (χ0v) is 19.3. The minimum Gasteiger partial charge on any atom is -0.445 e. The highest BCUT2D eigenvalue weighted by Crippen LogP contribution is 2.37. The summed E-state index contributed by atoms with van der Waals surface area (Å²) in [5.41, 5.74) is 0.341. The molecule has 1 aromatic heterocycles. The van der Waals surface area contributed by atoms with Crippen LogP contribution in [0.1, 0.15) is 46.1 Å². The molecule has 1 aromatic carbocycles. The molecule has 3 heterocycles. The Balaban J connectivity index is 1.38. The molecule has 0 saturated carbocycles. The lowest BCUT2D eigenvalue weighted by molar-refractivity contribution is 0.00578. The van der Waals surface area contributed by atoms with E-state index in [1.54, 1.807) is 15.8 Å². The van der Waals surface area contributed by atoms with Crippen LogP contribution < -0.4 is 5.46 Å². The number of aliphatic hydroxyl groups excluding tert-OH is 1. The average Bonchev–Trinajstić information content (AvgIpc) is 3.36. The Morgan fingerprint density at radius 3 is 2.34 bits per heavy atom. The fourth-order valence-corrected chi connectivity index (χ4v) is 4.07. The van der Waals surface area contributed by atoms with Crippen molar-refractivity contribution in [1.29, 1.82) is 0 Å². The number of aromatic nitrogens is 2. The van der Waals surface area contributed by atoms with Crippen molar-refractivity contribution in [3.8, 4) is 0 Å². The Hall–Kier alpha value is -2.36. The van der Waals surface area contributed by atoms with Gasteiger partial charge in [0.25, 0.3) is 0 Å². The second kappa shape index (κ2) is 8.54. The van der Waals surface area contributed by atoms with Crippen LogP contribution in [0, 0.1) is 0 Å². The summed E-state index contributed by atoms with van der Waals surface area (Å²) >= 11 is 0. The molecule has 9 heteroatoms. The molecule has 2 aliphatic rings. The largest absolute Gasteiger partial charge is 0.498 e. The number of carbonyl (C=O) groups excluding carboxylic acids is 1. The van der Waals surface area contributed by atoms with Crippen LogP contribution in [0.3, 0.4) is 0 Å². The van der Waals surface area contributed by atoms with Gasteiger partial charge in [0.15, 0.2) is 0 Å². The first-order valence-electron chi connectivity index (χ1n) is 11.1. The number of hydrogen-bond acceptors (Lipinski definition) is 6. The smallest absolute Gasteiger partial charge is 0.445 e. The van der Waals surface area contributed by atoms with Crippen LogP contribution in [0.25, 0.3) is 0 Å². The summed E-state index contributed by atoms with van der Waals surface area (Å²) in [7, 11) is -0.502. The van der Waals surface area contributed by atoms with Crippen LogP contribution in [-0.4, -0.2) is 63.9 Å². The van der Waals surface area contributed by atoms with Crippen LogP contribution in [0.15, 0.2) is 42.7 Å². The van der Waals surface area contributed by atoms with Crippen LogP contribution in [0.5, 0.6) is 0 Å². The number of carbonyl (C=O) groups is 1. The third-order valence-electron chi connectivity index (χ3n) is 7.07. The van der Waals surface area contributed by atoms with Gasteiger partial charge in [-0.25, -0.2) is 4.79 Å². The van der Waals surface area contributed by atoms with Gasteiger partial charge >= 0.3 is 13.2 Å². The van der Waals surface area contributed by atoms with Gasteiger partial charge in [0, 0.05) is 30.9 Å². The van der Waals surface area contributed by atoms with Crippen molar-refractivity contribution in [3.05, 3.63) is 48.3 Å². The van der Waals surface area contributed by atoms with Crippen molar-refractivity contribution in [2.24, 2.45) is 0 Å². The van der Waals surface area contributed by atoms with Gasteiger partial charge in [-0.2, -0.15) is 5.10 Å². The number of rotatable bonds is 5. The van der Waals surface area contributed by atoms with Crippen LogP contribution in [-0.2, 0) is 26.2 Å². The van der Waals surface area contributed by atoms with Crippen molar-refractivity contribution in [2.45, 2.75) is 63.9 Å². The predicted molar refractivity (Wildman–Crippen MR) is 120 cm³/mol. The number of ether oxygens (including phenoxy) is 1. The minimum atomic E-state index is -0.571. The molecule has 4 rings (SSSR count). The zero-order valence-electron chi connectivity index (χ0n) is 19.3. The van der Waals surface area contributed by atoms with Crippen LogP contribution >= 0.6 is 0 Å². The molecule has 0 radical (unpaired) electrons. The number of likely N-dealkylation sites (tertiary alicyclic amines) is 1. The van der Waals surface area contributed by atoms with Crippen molar-refractivity contribution in [3.63, 3.8) is 0 Å². The summed E-state index contributed by atoms with van der Waals surface area (Å²) in [5.74, 6) is 0. The molecule has 8 nitrogen and oxygen atoms in total. The van der Waals surface area contributed by atoms with Crippen LogP contribution in [0.4, 0.5) is 4.79 Å². The molecule has 2 fully saturated rings. The summed E-state index contributed by atoms with van der Waals surface area (Å²) < 4.78 is 19.5. The summed E-state index contributed by atoms with van der Waals surface area (Å²) in [6.07, 6.45) is 4.45. The summed E-state index contributed by atoms with van der Waals surface area (Å²) in [4.78, 5) is 14.2. The highest BCUT2D eigenvalue weighted by atomic mass is 16.7. The monoisotopic (exact) mass is 441 g/mol. The third kappa shape index (κ3) is 4.29. The lowest BCUT2D eigenvalue weighted by Gasteiger charge is -2.40. The van der Waals surface area contributed by atoms with Crippen LogP contribution in [0.2, 0.25) is 0 Å². The molecule has 0 bridgehead atoms. The summed E-state index contributed by atoms with van der Waals surface area (Å²) in [6.45, 7) is 9.21. The van der Waals surface area contributed by atoms with E-state index in [1.807, 2.05) is 64.2 Å². The molecule has 172 valence electrons. The second-order valence-corrected chi connectivity index (χ2v) is 9.72. The summed E-state index contributed by atoms with van der Waals surface area (Å²) in [5, 5.41) is 14.8. The van der Waals surface area contributed by atoms with E-state index in [2.05, 4.69) is 5.10 Å². The molecule has 0 unspecified atom stereocenters. The Bertz CT molecular complexity index is 922. The first-order valence-corrected chi connectivity index (χ1v) is 11.1. The summed E-state index contributed by atoms with van der Waals surface area (Å²) in [6, 6.07) is 9.62. The average molecular weight is 441 g/mol. The molecule has 2 aliphatic heterocycles. The highest BCUT2D eigenvalue weighted by molar-refractivity contribution is 6.62. The van der Waals surface area contributed by atoms with E-state index in [9.17, 15) is 9.90 Å². The molecule has 0 atom stereocenters. The first-order chi connectivity index (χ1) is 15.2. The number of aliphatic hydroxyl groups is 1. The van der Waals surface area contributed by atoms with Gasteiger partial charge in [-0.15, -0.1) is 0 Å². The highest BCUT2D eigenvalue weighted by Gasteiger charge is 2.52. The molecule has 1 N–H and O–H groups in total. The Labute approximate surface area is 189 Å². The van der Waals surface area contributed by atoms with Crippen molar-refractivity contribution in [1.82, 2.24) is 14.7 Å². The van der Waals surface area contributed by atoms with Gasteiger partial charge in [0.2, 0.25) is 0 Å². The standard InChI is InChI=1S/C23H32BN3O5/c1-21(2)22(3,4)32-24(31-21)19-14-25-27(15-19)23(17-28)10-12-26(13-11-23)20(29)30-16-18-8-6-5-7-9-18/h5-9,14-15,28H,10-13,16-17H2,1-4H3. The van der Waals surface area contributed by atoms with Gasteiger partial charge in [-0.05, 0) is 46.1 Å². The van der Waals surface area contributed by atoms with E-state index in [4.69, 9.17) is 14.0 Å². The number of amides is 1. The van der Waals surface area contributed by atoms with Crippen molar-refractivity contribution >= 4 is 18.7 Å². The molecule has 2 aromatic rings. The molecule has 32 heavy (non-hydrogen) atoms. The second-order valence-electron chi connectivity index (χ2n) is 9.72. The van der Waals surface area contributed by atoms with Crippen molar-refractivity contribution in [2.75, 3.05) is 19.7 Å². The lowest BCUT2D eigenvalue weighted by atomic mass is 9.81. The number of hydrogen-bond donors (Lipinski definition) is 1.